The molecule has 5 nitrogen and oxygen atoms in total. The number of amides is 2. The second-order valence-corrected chi connectivity index (χ2v) is 5.40. The second-order valence-electron chi connectivity index (χ2n) is 4.62. The van der Waals surface area contributed by atoms with Crippen LogP contribution in [0.5, 0.6) is 0 Å². The van der Waals surface area contributed by atoms with E-state index in [0.29, 0.717) is 19.6 Å². The Labute approximate surface area is 109 Å². The van der Waals surface area contributed by atoms with E-state index in [-0.39, 0.29) is 11.9 Å². The molecular weight excluding hydrogens is 252 g/mol. The van der Waals surface area contributed by atoms with Crippen LogP contribution in [0.3, 0.4) is 0 Å². The maximum absolute atomic E-state index is 11.9. The van der Waals surface area contributed by atoms with Crippen molar-refractivity contribution in [1.29, 1.82) is 0 Å². The number of likely N-dealkylation sites (tertiary alicyclic amines) is 1. The summed E-state index contributed by atoms with van der Waals surface area (Å²) < 4.78 is 0. The smallest absolute Gasteiger partial charge is 0.317 e. The summed E-state index contributed by atoms with van der Waals surface area (Å²) in [5.41, 5.74) is 1.07. The molecule has 0 saturated carbocycles. The Hall–Kier alpha value is -1.56. The van der Waals surface area contributed by atoms with Gasteiger partial charge in [-0.15, -0.1) is 0 Å². The molecule has 1 aliphatic rings. The zero-order chi connectivity index (χ0) is 13.1. The van der Waals surface area contributed by atoms with Crippen molar-refractivity contribution in [3.05, 3.63) is 22.4 Å². The Morgan fingerprint density at radius 2 is 2.33 bits per heavy atom. The molecule has 2 N–H and O–H groups in total. The molecule has 18 heavy (non-hydrogen) atoms. The summed E-state index contributed by atoms with van der Waals surface area (Å²) in [5, 5.41) is 15.8. The van der Waals surface area contributed by atoms with E-state index in [2.05, 4.69) is 5.32 Å². The van der Waals surface area contributed by atoms with Crippen LogP contribution in [-0.2, 0) is 11.3 Å². The predicted octanol–water partition coefficient (Wildman–Crippen LogP) is 1.61. The van der Waals surface area contributed by atoms with E-state index in [0.717, 1.165) is 5.56 Å². The highest BCUT2D eigenvalue weighted by Crippen LogP contribution is 2.23. The molecule has 0 aromatic carbocycles. The minimum absolute atomic E-state index is 0.00870. The highest BCUT2D eigenvalue weighted by Gasteiger charge is 2.36. The van der Waals surface area contributed by atoms with Gasteiger partial charge >= 0.3 is 12.0 Å². The Balaban J connectivity index is 1.85. The zero-order valence-electron chi connectivity index (χ0n) is 10.1. The summed E-state index contributed by atoms with van der Waals surface area (Å²) in [6, 6.07) is 1.77. The minimum Gasteiger partial charge on any atom is -0.481 e. The summed E-state index contributed by atoms with van der Waals surface area (Å²) in [6.45, 7) is 3.16. The standard InChI is InChI=1S/C12H16N2O3S/c1-8-5-14(6-10(8)11(15)16)12(17)13-4-9-2-3-18-7-9/h2-3,7-8,10H,4-6H2,1H3,(H,13,17)(H,15,16). The lowest BCUT2D eigenvalue weighted by Crippen LogP contribution is -2.38. The number of nitrogens with one attached hydrogen (secondary N) is 1. The average molecular weight is 268 g/mol. The van der Waals surface area contributed by atoms with Crippen LogP contribution in [0.2, 0.25) is 0 Å². The van der Waals surface area contributed by atoms with E-state index < -0.39 is 11.9 Å². The molecule has 6 heteroatoms. The molecule has 98 valence electrons. The predicted molar refractivity (Wildman–Crippen MR) is 68.4 cm³/mol. The number of aliphatic carboxylic acids is 1. The lowest BCUT2D eigenvalue weighted by Gasteiger charge is -2.16. The van der Waals surface area contributed by atoms with Gasteiger partial charge in [-0.2, -0.15) is 11.3 Å². The van der Waals surface area contributed by atoms with Gasteiger partial charge in [0.05, 0.1) is 5.92 Å². The summed E-state index contributed by atoms with van der Waals surface area (Å²) in [6.07, 6.45) is 0. The maximum Gasteiger partial charge on any atom is 0.317 e. The van der Waals surface area contributed by atoms with E-state index in [1.165, 1.54) is 0 Å². The Morgan fingerprint density at radius 3 is 2.89 bits per heavy atom. The van der Waals surface area contributed by atoms with Crippen LogP contribution in [0.15, 0.2) is 16.8 Å². The fourth-order valence-corrected chi connectivity index (χ4v) is 2.81. The van der Waals surface area contributed by atoms with Gasteiger partial charge in [-0.3, -0.25) is 4.79 Å². The van der Waals surface area contributed by atoms with Crippen molar-refractivity contribution in [2.45, 2.75) is 13.5 Å². The molecule has 1 aliphatic heterocycles. The van der Waals surface area contributed by atoms with Crippen LogP contribution in [-0.4, -0.2) is 35.1 Å². The van der Waals surface area contributed by atoms with Gasteiger partial charge < -0.3 is 15.3 Å². The number of nitrogens with zero attached hydrogens (tertiary/aromatic N) is 1. The van der Waals surface area contributed by atoms with Gasteiger partial charge in [0, 0.05) is 19.6 Å². The van der Waals surface area contributed by atoms with Crippen molar-refractivity contribution in [2.24, 2.45) is 11.8 Å². The molecule has 1 fully saturated rings. The monoisotopic (exact) mass is 268 g/mol. The fraction of sp³-hybridized carbons (Fsp3) is 0.500. The van der Waals surface area contributed by atoms with Crippen molar-refractivity contribution in [3.63, 3.8) is 0 Å². The van der Waals surface area contributed by atoms with Crippen LogP contribution in [0.1, 0.15) is 12.5 Å². The van der Waals surface area contributed by atoms with Gasteiger partial charge in [0.25, 0.3) is 0 Å². The molecule has 2 heterocycles. The van der Waals surface area contributed by atoms with E-state index in [1.54, 1.807) is 16.2 Å². The van der Waals surface area contributed by atoms with E-state index in [9.17, 15) is 9.59 Å². The second kappa shape index (κ2) is 5.39. The quantitative estimate of drug-likeness (QED) is 0.875. The third-order valence-electron chi connectivity index (χ3n) is 3.24. The molecule has 1 saturated heterocycles. The van der Waals surface area contributed by atoms with Crippen molar-refractivity contribution < 1.29 is 14.7 Å². The molecule has 1 aromatic heterocycles. The molecule has 0 aliphatic carbocycles. The molecule has 2 atom stereocenters. The first-order valence-corrected chi connectivity index (χ1v) is 6.79. The highest BCUT2D eigenvalue weighted by atomic mass is 32.1. The molecule has 0 radical (unpaired) electrons. The van der Waals surface area contributed by atoms with Crippen molar-refractivity contribution >= 4 is 23.3 Å². The maximum atomic E-state index is 11.9. The van der Waals surface area contributed by atoms with Gasteiger partial charge in [0.2, 0.25) is 0 Å². The van der Waals surface area contributed by atoms with Crippen LogP contribution in [0.25, 0.3) is 0 Å². The molecule has 0 spiro atoms. The summed E-state index contributed by atoms with van der Waals surface area (Å²) in [4.78, 5) is 24.4. The highest BCUT2D eigenvalue weighted by molar-refractivity contribution is 7.07. The number of rotatable bonds is 3. The third-order valence-corrected chi connectivity index (χ3v) is 3.97. The first-order chi connectivity index (χ1) is 8.58. The molecule has 2 rings (SSSR count). The minimum atomic E-state index is -0.823. The van der Waals surface area contributed by atoms with Gasteiger partial charge in [-0.05, 0) is 28.3 Å². The topological polar surface area (TPSA) is 69.6 Å². The third kappa shape index (κ3) is 2.81. The first kappa shape index (κ1) is 12.9. The van der Waals surface area contributed by atoms with E-state index in [4.69, 9.17) is 5.11 Å². The van der Waals surface area contributed by atoms with E-state index >= 15 is 0 Å². The van der Waals surface area contributed by atoms with Crippen molar-refractivity contribution in [2.75, 3.05) is 13.1 Å². The van der Waals surface area contributed by atoms with Crippen LogP contribution < -0.4 is 5.32 Å². The van der Waals surface area contributed by atoms with Gasteiger partial charge in [0.1, 0.15) is 0 Å². The van der Waals surface area contributed by atoms with Crippen molar-refractivity contribution in [3.8, 4) is 0 Å². The largest absolute Gasteiger partial charge is 0.481 e. The Morgan fingerprint density at radius 1 is 1.56 bits per heavy atom. The Kier molecular flexibility index (Phi) is 3.86. The molecular formula is C12H16N2O3S. The fourth-order valence-electron chi connectivity index (χ4n) is 2.14. The summed E-state index contributed by atoms with van der Waals surface area (Å²) in [5.74, 6) is -1.26. The molecule has 0 bridgehead atoms. The van der Waals surface area contributed by atoms with Crippen LogP contribution >= 0.6 is 11.3 Å². The summed E-state index contributed by atoms with van der Waals surface area (Å²) in [7, 11) is 0. The van der Waals surface area contributed by atoms with Gasteiger partial charge in [-0.1, -0.05) is 6.92 Å². The number of hydrogen-bond donors (Lipinski definition) is 2. The number of carbonyl (C=O) groups is 2. The number of hydrogen-bond acceptors (Lipinski definition) is 3. The lowest BCUT2D eigenvalue weighted by atomic mass is 9.99. The molecule has 2 amide bonds. The van der Waals surface area contributed by atoms with Gasteiger partial charge in [-0.25, -0.2) is 4.79 Å². The van der Waals surface area contributed by atoms with Crippen LogP contribution in [0, 0.1) is 11.8 Å². The lowest BCUT2D eigenvalue weighted by molar-refractivity contribution is -0.142. The first-order valence-electron chi connectivity index (χ1n) is 5.84. The molecule has 2 unspecified atom stereocenters. The number of carbonyl (C=O) groups excluding carboxylic acids is 1. The van der Waals surface area contributed by atoms with Crippen molar-refractivity contribution in [1.82, 2.24) is 10.2 Å². The van der Waals surface area contributed by atoms with E-state index in [1.807, 2.05) is 23.8 Å². The molecule has 1 aromatic rings. The summed E-state index contributed by atoms with van der Waals surface area (Å²) >= 11 is 1.59. The number of carboxylic acids is 1. The van der Waals surface area contributed by atoms with Gasteiger partial charge in [0.15, 0.2) is 0 Å². The van der Waals surface area contributed by atoms with Crippen LogP contribution in [0.4, 0.5) is 4.79 Å². The Bertz CT molecular complexity index is 433. The number of urea groups is 1. The SMILES string of the molecule is CC1CN(C(=O)NCc2ccsc2)CC1C(=O)O. The average Bonchev–Trinajstić information content (AvgIpc) is 2.94. The zero-order valence-corrected chi connectivity index (χ0v) is 10.9. The number of carboxylic acid groups (broad SMARTS) is 1. The number of thiophene rings is 1. The normalized spacial score (nSPS) is 23.1.